The molecule has 1 atom stereocenters. The van der Waals surface area contributed by atoms with Gasteiger partial charge >= 0.3 is 0 Å². The summed E-state index contributed by atoms with van der Waals surface area (Å²) in [5.74, 6) is 0. The van der Waals surface area contributed by atoms with Gasteiger partial charge in [0.25, 0.3) is 0 Å². The van der Waals surface area contributed by atoms with Gasteiger partial charge in [-0.3, -0.25) is 9.88 Å². The number of hydrogen-bond donors (Lipinski definition) is 1. The fourth-order valence-electron chi connectivity index (χ4n) is 2.21. The molecule has 102 valence electrons. The molecule has 0 radical (unpaired) electrons. The first-order valence-electron chi connectivity index (χ1n) is 6.06. The van der Waals surface area contributed by atoms with Crippen molar-refractivity contribution in [2.24, 2.45) is 0 Å². The van der Waals surface area contributed by atoms with Gasteiger partial charge in [0.05, 0.1) is 5.69 Å². The Morgan fingerprint density at radius 2 is 2.22 bits per heavy atom. The summed E-state index contributed by atoms with van der Waals surface area (Å²) < 4.78 is 0. The quantitative estimate of drug-likeness (QED) is 0.856. The maximum absolute atomic E-state index is 4.44. The number of thioether (sulfide) groups is 1. The molecule has 18 heavy (non-hydrogen) atoms. The van der Waals surface area contributed by atoms with E-state index in [1.54, 1.807) is 24.2 Å². The van der Waals surface area contributed by atoms with Crippen molar-refractivity contribution in [1.29, 1.82) is 0 Å². The van der Waals surface area contributed by atoms with Crippen LogP contribution in [-0.2, 0) is 6.54 Å². The van der Waals surface area contributed by atoms with E-state index in [1.807, 2.05) is 0 Å². The highest BCUT2D eigenvalue weighted by molar-refractivity contribution is 7.98. The lowest BCUT2D eigenvalue weighted by molar-refractivity contribution is 0.192. The van der Waals surface area contributed by atoms with Gasteiger partial charge in [0, 0.05) is 31.5 Å². The van der Waals surface area contributed by atoms with E-state index in [0.717, 1.165) is 30.4 Å². The molecular formula is C12H21ClN4S. The highest BCUT2D eigenvalue weighted by atomic mass is 35.5. The largest absolute Gasteiger partial charge is 0.315 e. The van der Waals surface area contributed by atoms with E-state index < -0.39 is 0 Å². The Labute approximate surface area is 119 Å². The smallest absolute Gasteiger partial charge is 0.119 e. The van der Waals surface area contributed by atoms with Crippen LogP contribution >= 0.6 is 24.2 Å². The van der Waals surface area contributed by atoms with E-state index in [1.165, 1.54) is 12.8 Å². The van der Waals surface area contributed by atoms with Crippen molar-refractivity contribution in [3.8, 4) is 0 Å². The molecule has 0 bridgehead atoms. The van der Waals surface area contributed by atoms with Crippen LogP contribution in [0.2, 0.25) is 0 Å². The van der Waals surface area contributed by atoms with Crippen molar-refractivity contribution in [1.82, 2.24) is 20.2 Å². The van der Waals surface area contributed by atoms with E-state index in [-0.39, 0.29) is 12.4 Å². The molecule has 1 N–H and O–H groups in total. The monoisotopic (exact) mass is 288 g/mol. The molecule has 0 aromatic carbocycles. The molecule has 0 aliphatic carbocycles. The van der Waals surface area contributed by atoms with Crippen molar-refractivity contribution in [3.63, 3.8) is 0 Å². The van der Waals surface area contributed by atoms with Gasteiger partial charge in [-0.15, -0.1) is 24.2 Å². The summed E-state index contributed by atoms with van der Waals surface area (Å²) in [4.78, 5) is 11.2. The van der Waals surface area contributed by atoms with Gasteiger partial charge in [0.15, 0.2) is 0 Å². The summed E-state index contributed by atoms with van der Waals surface area (Å²) in [5.41, 5.74) is 1.09. The predicted octanol–water partition coefficient (Wildman–Crippen LogP) is 1.80. The number of hydrogen-bond acceptors (Lipinski definition) is 5. The van der Waals surface area contributed by atoms with Crippen LogP contribution in [0.15, 0.2) is 17.4 Å². The van der Waals surface area contributed by atoms with Gasteiger partial charge in [-0.2, -0.15) is 0 Å². The lowest BCUT2D eigenvalue weighted by Crippen LogP contribution is -2.43. The summed E-state index contributed by atoms with van der Waals surface area (Å²) >= 11 is 1.67. The molecule has 0 amide bonds. The maximum Gasteiger partial charge on any atom is 0.119 e. The second-order valence-electron chi connectivity index (χ2n) is 4.43. The van der Waals surface area contributed by atoms with Gasteiger partial charge < -0.3 is 5.32 Å². The minimum absolute atomic E-state index is 0. The van der Waals surface area contributed by atoms with Crippen molar-refractivity contribution < 1.29 is 0 Å². The second-order valence-corrected chi connectivity index (χ2v) is 5.22. The highest BCUT2D eigenvalue weighted by Crippen LogP contribution is 2.18. The lowest BCUT2D eigenvalue weighted by Gasteiger charge is -2.31. The average Bonchev–Trinajstić information content (AvgIpc) is 2.40. The van der Waals surface area contributed by atoms with Crippen LogP contribution in [0.4, 0.5) is 0 Å². The molecule has 0 saturated carbocycles. The summed E-state index contributed by atoms with van der Waals surface area (Å²) in [5, 5.41) is 4.49. The number of nitrogens with one attached hydrogen (secondary N) is 1. The lowest BCUT2D eigenvalue weighted by atomic mass is 10.1. The Bertz CT molecular complexity index is 358. The molecule has 1 aromatic heterocycles. The van der Waals surface area contributed by atoms with E-state index in [4.69, 9.17) is 0 Å². The van der Waals surface area contributed by atoms with Crippen LogP contribution in [0.1, 0.15) is 18.5 Å². The van der Waals surface area contributed by atoms with Crippen LogP contribution in [-0.4, -0.2) is 47.3 Å². The zero-order valence-corrected chi connectivity index (χ0v) is 12.6. The van der Waals surface area contributed by atoms with Crippen molar-refractivity contribution in [3.05, 3.63) is 18.1 Å². The topological polar surface area (TPSA) is 41.1 Å². The molecule has 0 unspecified atom stereocenters. The molecule has 2 heterocycles. The summed E-state index contributed by atoms with van der Waals surface area (Å²) in [6.45, 7) is 3.13. The Hall–Kier alpha value is -0.360. The Balaban J connectivity index is 0.00000162. The average molecular weight is 289 g/mol. The fraction of sp³-hybridized carbons (Fsp3) is 0.667. The Morgan fingerprint density at radius 3 is 2.89 bits per heavy atom. The Morgan fingerprint density at radius 1 is 1.44 bits per heavy atom. The first-order chi connectivity index (χ1) is 8.31. The number of aromatic nitrogens is 2. The minimum atomic E-state index is 0. The fourth-order valence-corrected chi connectivity index (χ4v) is 2.73. The summed E-state index contributed by atoms with van der Waals surface area (Å²) in [7, 11) is 2.18. The molecule has 1 aliphatic heterocycles. The third kappa shape index (κ3) is 4.09. The molecule has 0 spiro atoms. The maximum atomic E-state index is 4.44. The number of piperidine rings is 1. The van der Waals surface area contributed by atoms with E-state index in [2.05, 4.69) is 33.5 Å². The zero-order chi connectivity index (χ0) is 12.1. The molecule has 6 heteroatoms. The highest BCUT2D eigenvalue weighted by Gasteiger charge is 2.19. The third-order valence-corrected chi connectivity index (χ3v) is 3.95. The van der Waals surface area contributed by atoms with Gasteiger partial charge in [-0.25, -0.2) is 4.98 Å². The Kier molecular flexibility index (Phi) is 6.92. The van der Waals surface area contributed by atoms with E-state index in [9.17, 15) is 0 Å². The van der Waals surface area contributed by atoms with Crippen molar-refractivity contribution >= 4 is 24.2 Å². The standard InChI is InChI=1S/C12H20N4S.ClH/c1-16(10-4-3-5-13-8-10)9-11-12(17-2)15-7-6-14-11;/h6-7,10,13H,3-5,8-9H2,1-2H3;1H/t10-;/m1./s1. The van der Waals surface area contributed by atoms with Gasteiger partial charge in [-0.05, 0) is 32.7 Å². The minimum Gasteiger partial charge on any atom is -0.315 e. The third-order valence-electron chi connectivity index (χ3n) is 3.22. The zero-order valence-electron chi connectivity index (χ0n) is 10.9. The summed E-state index contributed by atoms with van der Waals surface area (Å²) in [6, 6.07) is 0.625. The molecule has 1 saturated heterocycles. The van der Waals surface area contributed by atoms with Gasteiger partial charge in [0.2, 0.25) is 0 Å². The first kappa shape index (κ1) is 15.7. The SMILES string of the molecule is CSc1nccnc1CN(C)[C@@H]1CCCNC1.Cl. The molecule has 1 aromatic rings. The van der Waals surface area contributed by atoms with E-state index in [0.29, 0.717) is 6.04 Å². The van der Waals surface area contributed by atoms with Crippen LogP contribution in [0.3, 0.4) is 0 Å². The van der Waals surface area contributed by atoms with Gasteiger partial charge in [-0.1, -0.05) is 0 Å². The van der Waals surface area contributed by atoms with Crippen LogP contribution in [0, 0.1) is 0 Å². The van der Waals surface area contributed by atoms with Crippen molar-refractivity contribution in [2.45, 2.75) is 30.5 Å². The number of nitrogens with zero attached hydrogens (tertiary/aromatic N) is 3. The number of likely N-dealkylation sites (N-methyl/N-ethyl adjacent to an activating group) is 1. The van der Waals surface area contributed by atoms with Gasteiger partial charge in [0.1, 0.15) is 5.03 Å². The first-order valence-corrected chi connectivity index (χ1v) is 7.28. The molecular weight excluding hydrogens is 268 g/mol. The molecule has 4 nitrogen and oxygen atoms in total. The normalized spacial score (nSPS) is 19.6. The summed E-state index contributed by atoms with van der Waals surface area (Å²) in [6.07, 6.45) is 8.14. The van der Waals surface area contributed by atoms with Crippen molar-refractivity contribution in [2.75, 3.05) is 26.4 Å². The molecule has 2 rings (SSSR count). The predicted molar refractivity (Wildman–Crippen MR) is 78.4 cm³/mol. The van der Waals surface area contributed by atoms with Crippen LogP contribution in [0.25, 0.3) is 0 Å². The number of rotatable bonds is 4. The van der Waals surface area contributed by atoms with Crippen LogP contribution < -0.4 is 5.32 Å². The molecule has 1 fully saturated rings. The number of halogens is 1. The second kappa shape index (κ2) is 7.94. The van der Waals surface area contributed by atoms with E-state index >= 15 is 0 Å². The molecule has 1 aliphatic rings. The van der Waals surface area contributed by atoms with Crippen LogP contribution in [0.5, 0.6) is 0 Å².